The minimum Gasteiger partial charge on any atom is -0.480 e. The van der Waals surface area contributed by atoms with Gasteiger partial charge in [-0.25, -0.2) is 14.2 Å². The normalized spacial score (nSPS) is 15.5. The summed E-state index contributed by atoms with van der Waals surface area (Å²) in [5, 5.41) is 15.5. The van der Waals surface area contributed by atoms with Crippen LogP contribution in [0.2, 0.25) is 5.02 Å². The Morgan fingerprint density at radius 1 is 1.21 bits per heavy atom. The molecule has 39 heavy (non-hydrogen) atoms. The fourth-order valence-electron chi connectivity index (χ4n) is 4.73. The third kappa shape index (κ3) is 9.15. The number of carbonyl (C=O) groups is 2. The molecule has 10 heteroatoms. The molecule has 4 rings (SSSR count). The summed E-state index contributed by atoms with van der Waals surface area (Å²) >= 11 is 5.98. The second-order valence-corrected chi connectivity index (χ2v) is 10.8. The van der Waals surface area contributed by atoms with E-state index in [4.69, 9.17) is 21.3 Å². The molecule has 8 nitrogen and oxygen atoms in total. The molecule has 1 aromatic heterocycles. The molecule has 1 aromatic carbocycles. The summed E-state index contributed by atoms with van der Waals surface area (Å²) in [6, 6.07) is 7.02. The van der Waals surface area contributed by atoms with E-state index in [0.29, 0.717) is 25.6 Å². The zero-order valence-electron chi connectivity index (χ0n) is 22.3. The topological polar surface area (TPSA) is 104 Å². The number of carboxylic acids is 1. The predicted octanol–water partition coefficient (Wildman–Crippen LogP) is 4.56. The van der Waals surface area contributed by atoms with Crippen LogP contribution in [0, 0.1) is 11.7 Å². The van der Waals surface area contributed by atoms with Crippen LogP contribution in [-0.2, 0) is 22.4 Å². The van der Waals surface area contributed by atoms with Crippen molar-refractivity contribution in [3.8, 4) is 0 Å². The maximum atomic E-state index is 14.2. The molecule has 2 heterocycles. The molecular formula is C29H38ClFN4O4. The van der Waals surface area contributed by atoms with Crippen molar-refractivity contribution in [2.75, 3.05) is 44.7 Å². The van der Waals surface area contributed by atoms with E-state index < -0.39 is 23.7 Å². The van der Waals surface area contributed by atoms with E-state index in [9.17, 15) is 19.1 Å². The van der Waals surface area contributed by atoms with E-state index in [1.165, 1.54) is 30.5 Å². The number of halogens is 2. The number of hydrogen-bond acceptors (Lipinski definition) is 6. The Morgan fingerprint density at radius 2 is 2.05 bits per heavy atom. The molecule has 1 amide bonds. The van der Waals surface area contributed by atoms with Crippen LogP contribution in [0.1, 0.15) is 60.1 Å². The molecule has 2 aromatic rings. The monoisotopic (exact) mass is 560 g/mol. The third-order valence-corrected chi connectivity index (χ3v) is 7.55. The molecular weight excluding hydrogens is 523 g/mol. The number of amides is 1. The predicted molar refractivity (Wildman–Crippen MR) is 149 cm³/mol. The molecule has 212 valence electrons. The van der Waals surface area contributed by atoms with Crippen LogP contribution in [0.5, 0.6) is 0 Å². The van der Waals surface area contributed by atoms with Crippen molar-refractivity contribution in [2.24, 2.45) is 5.92 Å². The lowest BCUT2D eigenvalue weighted by Gasteiger charge is -2.24. The van der Waals surface area contributed by atoms with Gasteiger partial charge in [-0.15, -0.1) is 0 Å². The van der Waals surface area contributed by atoms with Crippen LogP contribution in [-0.4, -0.2) is 72.3 Å². The number of unbranched alkanes of at least 4 members (excludes halogenated alkanes) is 1. The van der Waals surface area contributed by atoms with Crippen molar-refractivity contribution in [1.29, 1.82) is 0 Å². The van der Waals surface area contributed by atoms with Crippen molar-refractivity contribution in [1.82, 2.24) is 15.2 Å². The summed E-state index contributed by atoms with van der Waals surface area (Å²) in [5.74, 6) is -1.12. The van der Waals surface area contributed by atoms with Gasteiger partial charge in [0.25, 0.3) is 5.91 Å². The Labute approximate surface area is 234 Å². The maximum Gasteiger partial charge on any atom is 0.326 e. The maximum absolute atomic E-state index is 14.2. The smallest absolute Gasteiger partial charge is 0.326 e. The van der Waals surface area contributed by atoms with Gasteiger partial charge in [0.05, 0.1) is 17.2 Å². The van der Waals surface area contributed by atoms with Gasteiger partial charge in [-0.2, -0.15) is 0 Å². The fourth-order valence-corrected chi connectivity index (χ4v) is 4.98. The van der Waals surface area contributed by atoms with Gasteiger partial charge < -0.3 is 25.4 Å². The van der Waals surface area contributed by atoms with E-state index in [1.807, 2.05) is 0 Å². The first-order valence-electron chi connectivity index (χ1n) is 13.9. The molecule has 1 saturated carbocycles. The SMILES string of the molecule is O=C(NC(CCN(CCCCc1ccc2c(n1)NCCC2)CCOCC1CC1)C(=O)O)c1c(F)cccc1Cl. The van der Waals surface area contributed by atoms with Gasteiger partial charge in [0, 0.05) is 31.9 Å². The van der Waals surface area contributed by atoms with Crippen molar-refractivity contribution < 1.29 is 23.8 Å². The van der Waals surface area contributed by atoms with Crippen LogP contribution in [0.3, 0.4) is 0 Å². The number of fused-ring (bicyclic) bond motifs is 1. The lowest BCUT2D eigenvalue weighted by molar-refractivity contribution is -0.139. The van der Waals surface area contributed by atoms with E-state index in [-0.39, 0.29) is 17.0 Å². The first-order chi connectivity index (χ1) is 18.9. The highest BCUT2D eigenvalue weighted by molar-refractivity contribution is 6.33. The van der Waals surface area contributed by atoms with Crippen molar-refractivity contribution in [3.63, 3.8) is 0 Å². The summed E-state index contributed by atoms with van der Waals surface area (Å²) in [7, 11) is 0. The summed E-state index contributed by atoms with van der Waals surface area (Å²) in [6.45, 7) is 4.21. The van der Waals surface area contributed by atoms with Gasteiger partial charge >= 0.3 is 5.97 Å². The number of carboxylic acid groups (broad SMARTS) is 1. The van der Waals surface area contributed by atoms with Gasteiger partial charge in [-0.1, -0.05) is 23.7 Å². The van der Waals surface area contributed by atoms with Gasteiger partial charge in [-0.05, 0) is 87.6 Å². The number of anilines is 1. The Hall–Kier alpha value is -2.75. The number of benzene rings is 1. The summed E-state index contributed by atoms with van der Waals surface area (Å²) in [6.07, 6.45) is 7.58. The summed E-state index contributed by atoms with van der Waals surface area (Å²) in [4.78, 5) is 31.5. The van der Waals surface area contributed by atoms with Crippen LogP contribution in [0.25, 0.3) is 0 Å². The minimum atomic E-state index is -1.17. The summed E-state index contributed by atoms with van der Waals surface area (Å²) in [5.41, 5.74) is 2.00. The van der Waals surface area contributed by atoms with Crippen molar-refractivity contribution >= 4 is 29.3 Å². The van der Waals surface area contributed by atoms with Crippen molar-refractivity contribution in [2.45, 2.75) is 57.4 Å². The molecule has 1 atom stereocenters. The Kier molecular flexibility index (Phi) is 10.9. The van der Waals surface area contributed by atoms with E-state index in [2.05, 4.69) is 27.7 Å². The third-order valence-electron chi connectivity index (χ3n) is 7.24. The number of nitrogens with one attached hydrogen (secondary N) is 2. The molecule has 1 aliphatic heterocycles. The van der Waals surface area contributed by atoms with Crippen LogP contribution < -0.4 is 10.6 Å². The lowest BCUT2D eigenvalue weighted by atomic mass is 10.1. The zero-order valence-corrected chi connectivity index (χ0v) is 23.0. The number of aryl methyl sites for hydroxylation is 2. The number of rotatable bonds is 16. The Bertz CT molecular complexity index is 1110. The van der Waals surface area contributed by atoms with Gasteiger partial charge in [0.2, 0.25) is 0 Å². The highest BCUT2D eigenvalue weighted by atomic mass is 35.5. The van der Waals surface area contributed by atoms with E-state index in [1.54, 1.807) is 0 Å². The molecule has 1 aliphatic carbocycles. The van der Waals surface area contributed by atoms with Crippen molar-refractivity contribution in [3.05, 3.63) is 58.0 Å². The standard InChI is InChI=1S/C29H38ClFN4O4/c30-23-7-3-8-24(31)26(23)28(36)34-25(29(37)38)13-16-35(17-18-39-19-20-9-10-20)15-2-1-6-22-12-11-21-5-4-14-32-27(21)33-22/h3,7-8,11-12,20,25H,1-2,4-6,9-10,13-19H2,(H,32,33)(H,34,36)(H,37,38). The molecule has 2 aliphatic rings. The number of aromatic nitrogens is 1. The highest BCUT2D eigenvalue weighted by Crippen LogP contribution is 2.28. The molecule has 1 unspecified atom stereocenters. The Balaban J connectivity index is 1.28. The molecule has 0 radical (unpaired) electrons. The molecule has 0 spiro atoms. The van der Waals surface area contributed by atoms with Crippen LogP contribution in [0.4, 0.5) is 10.2 Å². The van der Waals surface area contributed by atoms with E-state index in [0.717, 1.165) is 69.4 Å². The number of hydrogen-bond donors (Lipinski definition) is 3. The van der Waals surface area contributed by atoms with Gasteiger partial charge in [0.1, 0.15) is 17.7 Å². The minimum absolute atomic E-state index is 0.0599. The fraction of sp³-hybridized carbons (Fsp3) is 0.552. The molecule has 3 N–H and O–H groups in total. The number of ether oxygens (including phenoxy) is 1. The van der Waals surface area contributed by atoms with Gasteiger partial charge in [0.15, 0.2) is 0 Å². The Morgan fingerprint density at radius 3 is 2.82 bits per heavy atom. The van der Waals surface area contributed by atoms with Crippen LogP contribution in [0.15, 0.2) is 30.3 Å². The molecule has 1 fully saturated rings. The van der Waals surface area contributed by atoms with Crippen LogP contribution >= 0.6 is 11.6 Å². The quantitative estimate of drug-likeness (QED) is 0.259. The highest BCUT2D eigenvalue weighted by Gasteiger charge is 2.25. The molecule has 0 bridgehead atoms. The molecule has 0 saturated heterocycles. The average molecular weight is 561 g/mol. The second-order valence-electron chi connectivity index (χ2n) is 10.4. The van der Waals surface area contributed by atoms with Gasteiger partial charge in [-0.3, -0.25) is 4.79 Å². The number of carbonyl (C=O) groups excluding carboxylic acids is 1. The number of nitrogens with zero attached hydrogens (tertiary/aromatic N) is 2. The second kappa shape index (κ2) is 14.6. The first-order valence-corrected chi connectivity index (χ1v) is 14.3. The van der Waals surface area contributed by atoms with E-state index >= 15 is 0 Å². The largest absolute Gasteiger partial charge is 0.480 e. The lowest BCUT2D eigenvalue weighted by Crippen LogP contribution is -2.44. The summed E-state index contributed by atoms with van der Waals surface area (Å²) < 4.78 is 20.0. The number of aliphatic carboxylic acids is 1. The number of pyridine rings is 1. The average Bonchev–Trinajstić information content (AvgIpc) is 3.75. The zero-order chi connectivity index (χ0) is 27.6. The first kappa shape index (κ1) is 29.2.